The molecular formula is C19H20N6O3S2. The summed E-state index contributed by atoms with van der Waals surface area (Å²) in [7, 11) is -0.509. The van der Waals surface area contributed by atoms with E-state index >= 15 is 0 Å². The number of hydrogen-bond donors (Lipinski definition) is 1. The van der Waals surface area contributed by atoms with Gasteiger partial charge in [-0.15, -0.1) is 11.3 Å². The Morgan fingerprint density at radius 1 is 1.20 bits per heavy atom. The molecule has 156 valence electrons. The van der Waals surface area contributed by atoms with Crippen molar-refractivity contribution in [3.63, 3.8) is 0 Å². The first-order valence-electron chi connectivity index (χ1n) is 9.44. The Morgan fingerprint density at radius 2 is 2.00 bits per heavy atom. The molecule has 1 saturated heterocycles. The third kappa shape index (κ3) is 3.14. The zero-order valence-electron chi connectivity index (χ0n) is 16.5. The van der Waals surface area contributed by atoms with Crippen molar-refractivity contribution in [1.82, 2.24) is 24.5 Å². The molecule has 0 unspecified atom stereocenters. The van der Waals surface area contributed by atoms with Gasteiger partial charge in [0.05, 0.1) is 35.1 Å². The first-order chi connectivity index (χ1) is 14.4. The van der Waals surface area contributed by atoms with Crippen LogP contribution in [0.3, 0.4) is 0 Å². The lowest BCUT2D eigenvalue weighted by molar-refractivity contribution is 0.122. The SMILES string of the molecule is CN(C)S(=O)(=O)c1cc2nc(-c3cccc4[nH]ncc34)nc(N3CCOCC3)c2s1. The molecule has 30 heavy (non-hydrogen) atoms. The maximum Gasteiger partial charge on any atom is 0.252 e. The molecule has 1 aliphatic rings. The van der Waals surface area contributed by atoms with Gasteiger partial charge in [0.15, 0.2) is 11.6 Å². The number of aromatic nitrogens is 4. The van der Waals surface area contributed by atoms with Gasteiger partial charge in [-0.1, -0.05) is 12.1 Å². The molecule has 11 heteroatoms. The molecule has 1 aliphatic heterocycles. The zero-order valence-corrected chi connectivity index (χ0v) is 18.1. The van der Waals surface area contributed by atoms with Crippen LogP contribution in [-0.2, 0) is 14.8 Å². The highest BCUT2D eigenvalue weighted by Gasteiger charge is 2.25. The van der Waals surface area contributed by atoms with Crippen LogP contribution in [0.4, 0.5) is 5.82 Å². The van der Waals surface area contributed by atoms with Crippen LogP contribution in [0.25, 0.3) is 32.5 Å². The summed E-state index contributed by atoms with van der Waals surface area (Å²) in [4.78, 5) is 11.8. The third-order valence-corrected chi connectivity index (χ3v) is 8.49. The quantitative estimate of drug-likeness (QED) is 0.515. The summed E-state index contributed by atoms with van der Waals surface area (Å²) in [5, 5.41) is 8.01. The smallest absolute Gasteiger partial charge is 0.252 e. The summed E-state index contributed by atoms with van der Waals surface area (Å²) in [6, 6.07) is 7.46. The Bertz CT molecular complexity index is 1340. The van der Waals surface area contributed by atoms with Gasteiger partial charge < -0.3 is 9.64 Å². The van der Waals surface area contributed by atoms with Gasteiger partial charge in [-0.2, -0.15) is 5.10 Å². The van der Waals surface area contributed by atoms with Gasteiger partial charge in [0.2, 0.25) is 0 Å². The van der Waals surface area contributed by atoms with E-state index in [1.165, 1.54) is 29.7 Å². The average Bonchev–Trinajstić information content (AvgIpc) is 3.40. The largest absolute Gasteiger partial charge is 0.378 e. The topological polar surface area (TPSA) is 104 Å². The number of rotatable bonds is 4. The van der Waals surface area contributed by atoms with E-state index in [4.69, 9.17) is 14.7 Å². The predicted molar refractivity (Wildman–Crippen MR) is 116 cm³/mol. The van der Waals surface area contributed by atoms with Crippen molar-refractivity contribution in [2.24, 2.45) is 0 Å². The second-order valence-corrected chi connectivity index (χ2v) is 10.6. The zero-order chi connectivity index (χ0) is 20.9. The molecule has 4 heterocycles. The number of nitrogens with zero attached hydrogens (tertiary/aromatic N) is 5. The molecule has 1 fully saturated rings. The summed E-state index contributed by atoms with van der Waals surface area (Å²) in [6.07, 6.45) is 1.75. The van der Waals surface area contributed by atoms with Gasteiger partial charge in [0, 0.05) is 38.1 Å². The van der Waals surface area contributed by atoms with Gasteiger partial charge in [0.1, 0.15) is 4.21 Å². The molecule has 0 amide bonds. The lowest BCUT2D eigenvalue weighted by Gasteiger charge is -2.28. The minimum absolute atomic E-state index is 0.255. The summed E-state index contributed by atoms with van der Waals surface area (Å²) < 4.78 is 33.2. The Hall–Kier alpha value is -2.60. The number of hydrogen-bond acceptors (Lipinski definition) is 8. The Balaban J connectivity index is 1.76. The fourth-order valence-corrected chi connectivity index (χ4v) is 6.06. The van der Waals surface area contributed by atoms with Gasteiger partial charge >= 0.3 is 0 Å². The molecule has 0 atom stereocenters. The van der Waals surface area contributed by atoms with E-state index < -0.39 is 10.0 Å². The Kier molecular flexibility index (Phi) is 4.69. The van der Waals surface area contributed by atoms with Gasteiger partial charge in [-0.3, -0.25) is 5.10 Å². The predicted octanol–water partition coefficient (Wildman–Crippen LogP) is 2.32. The third-order valence-electron chi connectivity index (χ3n) is 5.10. The molecule has 1 N–H and O–H groups in total. The average molecular weight is 445 g/mol. The lowest BCUT2D eigenvalue weighted by Crippen LogP contribution is -2.36. The van der Waals surface area contributed by atoms with Crippen molar-refractivity contribution >= 4 is 48.3 Å². The number of morpholine rings is 1. The fraction of sp³-hybridized carbons (Fsp3) is 0.316. The molecule has 0 saturated carbocycles. The summed E-state index contributed by atoms with van der Waals surface area (Å²) in [5.74, 6) is 1.28. The minimum atomic E-state index is -3.56. The highest BCUT2D eigenvalue weighted by atomic mass is 32.2. The van der Waals surface area contributed by atoms with Gasteiger partial charge in [-0.25, -0.2) is 22.7 Å². The van der Waals surface area contributed by atoms with Gasteiger partial charge in [-0.05, 0) is 12.1 Å². The van der Waals surface area contributed by atoms with E-state index in [0.717, 1.165) is 27.0 Å². The number of anilines is 1. The summed E-state index contributed by atoms with van der Waals surface area (Å²) >= 11 is 1.21. The summed E-state index contributed by atoms with van der Waals surface area (Å²) in [6.45, 7) is 2.59. The number of fused-ring (bicyclic) bond motifs is 2. The van der Waals surface area contributed by atoms with Crippen LogP contribution in [0.1, 0.15) is 0 Å². The monoisotopic (exact) mass is 444 g/mol. The van der Waals surface area contributed by atoms with E-state index in [-0.39, 0.29) is 4.21 Å². The molecule has 3 aromatic heterocycles. The first-order valence-corrected chi connectivity index (χ1v) is 11.7. The molecule has 1 aromatic carbocycles. The molecular weight excluding hydrogens is 424 g/mol. The number of thiophene rings is 1. The van der Waals surface area contributed by atoms with Crippen molar-refractivity contribution in [2.45, 2.75) is 4.21 Å². The molecule has 9 nitrogen and oxygen atoms in total. The minimum Gasteiger partial charge on any atom is -0.378 e. The van der Waals surface area contributed by atoms with Crippen molar-refractivity contribution in [3.8, 4) is 11.4 Å². The number of sulfonamides is 1. The molecule has 0 spiro atoms. The van der Waals surface area contributed by atoms with E-state index in [0.29, 0.717) is 37.6 Å². The van der Waals surface area contributed by atoms with E-state index in [2.05, 4.69) is 15.1 Å². The maximum absolute atomic E-state index is 12.7. The van der Waals surface area contributed by atoms with Crippen LogP contribution in [-0.4, -0.2) is 73.3 Å². The highest BCUT2D eigenvalue weighted by Crippen LogP contribution is 2.37. The number of H-pyrrole nitrogens is 1. The van der Waals surface area contributed by atoms with Crippen LogP contribution in [0.5, 0.6) is 0 Å². The molecule has 4 aromatic rings. The van der Waals surface area contributed by atoms with Crippen LogP contribution in [0.15, 0.2) is 34.7 Å². The normalized spacial score (nSPS) is 15.5. The number of ether oxygens (including phenoxy) is 1. The second-order valence-electron chi connectivity index (χ2n) is 7.17. The summed E-state index contributed by atoms with van der Waals surface area (Å²) in [5.41, 5.74) is 2.36. The lowest BCUT2D eigenvalue weighted by atomic mass is 10.1. The van der Waals surface area contributed by atoms with Crippen molar-refractivity contribution in [1.29, 1.82) is 0 Å². The number of aromatic amines is 1. The number of nitrogens with one attached hydrogen (secondary N) is 1. The standard InChI is InChI=1S/C19H20N6O3S2/c1-24(2)30(26,27)16-10-15-17(29-16)19(25-6-8-28-9-7-25)22-18(21-15)12-4-3-5-14-13(12)11-20-23-14/h3-5,10-11H,6-9H2,1-2H3,(H,20,23). The van der Waals surface area contributed by atoms with Crippen LogP contribution >= 0.6 is 11.3 Å². The Labute approximate surface area is 177 Å². The van der Waals surface area contributed by atoms with E-state index in [9.17, 15) is 8.42 Å². The Morgan fingerprint density at radius 3 is 2.77 bits per heavy atom. The van der Waals surface area contributed by atoms with Crippen molar-refractivity contribution < 1.29 is 13.2 Å². The van der Waals surface area contributed by atoms with Crippen LogP contribution < -0.4 is 4.90 Å². The van der Waals surface area contributed by atoms with Crippen LogP contribution in [0, 0.1) is 0 Å². The highest BCUT2D eigenvalue weighted by molar-refractivity contribution is 7.91. The van der Waals surface area contributed by atoms with Crippen LogP contribution in [0.2, 0.25) is 0 Å². The molecule has 0 bridgehead atoms. The number of benzene rings is 1. The fourth-order valence-electron chi connectivity index (χ4n) is 3.47. The van der Waals surface area contributed by atoms with E-state index in [1.54, 1.807) is 12.3 Å². The molecule has 0 aliphatic carbocycles. The molecule has 5 rings (SSSR count). The first kappa shape index (κ1) is 19.4. The van der Waals surface area contributed by atoms with Gasteiger partial charge in [0.25, 0.3) is 10.0 Å². The second kappa shape index (κ2) is 7.27. The van der Waals surface area contributed by atoms with Crippen molar-refractivity contribution in [2.75, 3.05) is 45.3 Å². The molecule has 0 radical (unpaired) electrons. The van der Waals surface area contributed by atoms with Crippen molar-refractivity contribution in [3.05, 3.63) is 30.5 Å². The van der Waals surface area contributed by atoms with E-state index in [1.807, 2.05) is 18.2 Å². The maximum atomic E-state index is 12.7.